The Hall–Kier alpha value is -1.15. The maximum atomic E-state index is 13.5. The minimum atomic E-state index is -0.132. The summed E-state index contributed by atoms with van der Waals surface area (Å²) in [4.78, 5) is 2.19. The fraction of sp³-hybridized carbons (Fsp3) is 0.500. The van der Waals surface area contributed by atoms with Crippen molar-refractivity contribution in [2.45, 2.75) is 25.7 Å². The molecular weight excluding hydrogens is 225 g/mol. The Labute approximate surface area is 109 Å². The fourth-order valence-electron chi connectivity index (χ4n) is 2.69. The minimum Gasteiger partial charge on any atom is -0.309 e. The van der Waals surface area contributed by atoms with Gasteiger partial charge in [0.2, 0.25) is 0 Å². The van der Waals surface area contributed by atoms with E-state index < -0.39 is 0 Å². The maximum absolute atomic E-state index is 13.5. The lowest BCUT2D eigenvalue weighted by Crippen LogP contribution is -2.35. The van der Waals surface area contributed by atoms with E-state index in [1.54, 1.807) is 12.1 Å². The largest absolute Gasteiger partial charge is 0.309 e. The SMILES string of the molecule is C[C@H]1C=Cc2ccc(F)cc2[C@]1(C)CCN(C)C. The summed E-state index contributed by atoms with van der Waals surface area (Å²) in [5.41, 5.74) is 2.34. The van der Waals surface area contributed by atoms with Crippen LogP contribution < -0.4 is 0 Å². The second-order valence-corrected chi connectivity index (χ2v) is 5.85. The Balaban J connectivity index is 2.40. The predicted octanol–water partition coefficient (Wildman–Crippen LogP) is 3.70. The number of hydrogen-bond donors (Lipinski definition) is 0. The molecule has 1 aromatic carbocycles. The van der Waals surface area contributed by atoms with Crippen LogP contribution in [0.4, 0.5) is 4.39 Å². The third-order valence-electron chi connectivity index (χ3n) is 4.28. The number of allylic oxidation sites excluding steroid dienone is 1. The number of fused-ring (bicyclic) bond motifs is 1. The first kappa shape index (κ1) is 13.3. The van der Waals surface area contributed by atoms with E-state index in [2.05, 4.69) is 45.0 Å². The molecule has 0 N–H and O–H groups in total. The summed E-state index contributed by atoms with van der Waals surface area (Å²) in [6.07, 6.45) is 5.41. The van der Waals surface area contributed by atoms with Crippen molar-refractivity contribution in [1.82, 2.24) is 4.90 Å². The van der Waals surface area contributed by atoms with Crippen molar-refractivity contribution in [2.24, 2.45) is 5.92 Å². The Kier molecular flexibility index (Phi) is 3.58. The van der Waals surface area contributed by atoms with Gasteiger partial charge >= 0.3 is 0 Å². The van der Waals surface area contributed by atoms with Gasteiger partial charge in [-0.05, 0) is 56.2 Å². The molecule has 0 spiro atoms. The molecule has 0 radical (unpaired) electrons. The Morgan fingerprint density at radius 3 is 2.72 bits per heavy atom. The van der Waals surface area contributed by atoms with Crippen LogP contribution in [-0.4, -0.2) is 25.5 Å². The van der Waals surface area contributed by atoms with E-state index in [9.17, 15) is 4.39 Å². The number of rotatable bonds is 3. The van der Waals surface area contributed by atoms with Gasteiger partial charge in [-0.3, -0.25) is 0 Å². The van der Waals surface area contributed by atoms with Gasteiger partial charge in [-0.2, -0.15) is 0 Å². The molecule has 0 aliphatic heterocycles. The molecule has 2 heteroatoms. The lowest BCUT2D eigenvalue weighted by Gasteiger charge is -2.39. The van der Waals surface area contributed by atoms with Gasteiger partial charge in [-0.15, -0.1) is 0 Å². The summed E-state index contributed by atoms with van der Waals surface area (Å²) >= 11 is 0. The molecule has 1 aromatic rings. The van der Waals surface area contributed by atoms with Crippen molar-refractivity contribution in [3.8, 4) is 0 Å². The average Bonchev–Trinajstić information content (AvgIpc) is 2.32. The van der Waals surface area contributed by atoms with Crippen LogP contribution in [0.2, 0.25) is 0 Å². The summed E-state index contributed by atoms with van der Waals surface area (Å²) in [5, 5.41) is 0. The van der Waals surface area contributed by atoms with Crippen LogP contribution in [0, 0.1) is 11.7 Å². The molecule has 2 atom stereocenters. The van der Waals surface area contributed by atoms with Crippen LogP contribution in [0.5, 0.6) is 0 Å². The zero-order chi connectivity index (χ0) is 13.3. The summed E-state index contributed by atoms with van der Waals surface area (Å²) < 4.78 is 13.5. The lowest BCUT2D eigenvalue weighted by atomic mass is 9.66. The van der Waals surface area contributed by atoms with Crippen molar-refractivity contribution in [3.05, 3.63) is 41.2 Å². The van der Waals surface area contributed by atoms with Gasteiger partial charge in [0.05, 0.1) is 0 Å². The van der Waals surface area contributed by atoms with Gasteiger partial charge < -0.3 is 4.90 Å². The average molecular weight is 247 g/mol. The zero-order valence-electron chi connectivity index (χ0n) is 11.7. The van der Waals surface area contributed by atoms with Crippen molar-refractivity contribution >= 4 is 6.08 Å². The van der Waals surface area contributed by atoms with Crippen LogP contribution in [0.1, 0.15) is 31.4 Å². The Morgan fingerprint density at radius 1 is 1.33 bits per heavy atom. The topological polar surface area (TPSA) is 3.24 Å². The number of hydrogen-bond acceptors (Lipinski definition) is 1. The first-order valence-corrected chi connectivity index (χ1v) is 6.56. The van der Waals surface area contributed by atoms with Gasteiger partial charge in [-0.1, -0.05) is 32.1 Å². The van der Waals surface area contributed by atoms with E-state index in [0.29, 0.717) is 5.92 Å². The smallest absolute Gasteiger partial charge is 0.123 e. The normalized spacial score (nSPS) is 26.4. The number of nitrogens with zero attached hydrogens (tertiary/aromatic N) is 1. The summed E-state index contributed by atoms with van der Waals surface area (Å²) in [6.45, 7) is 5.49. The monoisotopic (exact) mass is 247 g/mol. The summed E-state index contributed by atoms with van der Waals surface area (Å²) in [6, 6.07) is 5.15. The predicted molar refractivity (Wildman–Crippen MR) is 75.1 cm³/mol. The van der Waals surface area contributed by atoms with E-state index >= 15 is 0 Å². The van der Waals surface area contributed by atoms with Gasteiger partial charge in [0.15, 0.2) is 0 Å². The molecule has 0 heterocycles. The molecule has 2 rings (SSSR count). The molecule has 18 heavy (non-hydrogen) atoms. The highest BCUT2D eigenvalue weighted by Gasteiger charge is 2.35. The van der Waals surface area contributed by atoms with E-state index in [1.165, 1.54) is 0 Å². The number of halogens is 1. The molecule has 98 valence electrons. The summed E-state index contributed by atoms with van der Waals surface area (Å²) in [5.74, 6) is 0.305. The van der Waals surface area contributed by atoms with E-state index in [0.717, 1.165) is 24.1 Å². The molecule has 0 bridgehead atoms. The third kappa shape index (κ3) is 2.35. The van der Waals surface area contributed by atoms with Crippen molar-refractivity contribution < 1.29 is 4.39 Å². The van der Waals surface area contributed by atoms with Gasteiger partial charge in [0.25, 0.3) is 0 Å². The minimum absolute atomic E-state index is 0.0243. The van der Waals surface area contributed by atoms with E-state index in [4.69, 9.17) is 0 Å². The van der Waals surface area contributed by atoms with E-state index in [1.807, 2.05) is 6.07 Å². The van der Waals surface area contributed by atoms with Crippen molar-refractivity contribution in [1.29, 1.82) is 0 Å². The van der Waals surface area contributed by atoms with Gasteiger partial charge in [0, 0.05) is 5.41 Å². The van der Waals surface area contributed by atoms with Crippen LogP contribution in [-0.2, 0) is 5.41 Å². The standard InChI is InChI=1S/C16H22FN/c1-12-5-6-13-7-8-14(17)11-15(13)16(12,2)9-10-18(3)4/h5-8,11-12H,9-10H2,1-4H3/t12-,16+/m0/s1. The highest BCUT2D eigenvalue weighted by atomic mass is 19.1. The third-order valence-corrected chi connectivity index (χ3v) is 4.28. The second kappa shape index (κ2) is 4.85. The van der Waals surface area contributed by atoms with E-state index in [-0.39, 0.29) is 11.2 Å². The second-order valence-electron chi connectivity index (χ2n) is 5.85. The van der Waals surface area contributed by atoms with Gasteiger partial charge in [0.1, 0.15) is 5.82 Å². The van der Waals surface area contributed by atoms with Crippen LogP contribution in [0.15, 0.2) is 24.3 Å². The Bertz CT molecular complexity index is 464. The summed E-state index contributed by atoms with van der Waals surface area (Å²) in [7, 11) is 4.17. The molecular formula is C16H22FN. The molecule has 0 amide bonds. The molecule has 0 saturated heterocycles. The first-order chi connectivity index (χ1) is 8.43. The van der Waals surface area contributed by atoms with Crippen molar-refractivity contribution in [3.63, 3.8) is 0 Å². The van der Waals surface area contributed by atoms with Crippen LogP contribution in [0.25, 0.3) is 6.08 Å². The molecule has 0 saturated carbocycles. The van der Waals surface area contributed by atoms with Crippen LogP contribution >= 0.6 is 0 Å². The van der Waals surface area contributed by atoms with Crippen LogP contribution in [0.3, 0.4) is 0 Å². The fourth-order valence-corrected chi connectivity index (χ4v) is 2.69. The molecule has 0 fully saturated rings. The molecule has 1 nitrogen and oxygen atoms in total. The number of benzene rings is 1. The molecule has 1 aliphatic rings. The highest BCUT2D eigenvalue weighted by Crippen LogP contribution is 2.42. The molecule has 1 aliphatic carbocycles. The maximum Gasteiger partial charge on any atom is 0.123 e. The first-order valence-electron chi connectivity index (χ1n) is 6.56. The lowest BCUT2D eigenvalue weighted by molar-refractivity contribution is 0.282. The molecule has 0 unspecified atom stereocenters. The van der Waals surface area contributed by atoms with Crippen molar-refractivity contribution in [2.75, 3.05) is 20.6 Å². The Morgan fingerprint density at radius 2 is 2.06 bits per heavy atom. The zero-order valence-corrected chi connectivity index (χ0v) is 11.7. The molecule has 0 aromatic heterocycles. The highest BCUT2D eigenvalue weighted by molar-refractivity contribution is 5.60. The van der Waals surface area contributed by atoms with Gasteiger partial charge in [-0.25, -0.2) is 4.39 Å². The quantitative estimate of drug-likeness (QED) is 0.787.